The summed E-state index contributed by atoms with van der Waals surface area (Å²) in [6, 6.07) is 4.05. The molecule has 0 radical (unpaired) electrons. The monoisotopic (exact) mass is 313 g/mol. The van der Waals surface area contributed by atoms with Crippen LogP contribution in [-0.2, 0) is 5.54 Å². The van der Waals surface area contributed by atoms with Crippen molar-refractivity contribution in [2.75, 3.05) is 0 Å². The molecule has 0 spiro atoms. The van der Waals surface area contributed by atoms with Gasteiger partial charge in [-0.05, 0) is 0 Å². The summed E-state index contributed by atoms with van der Waals surface area (Å²) in [5.41, 5.74) is 0.327. The minimum absolute atomic E-state index is 0.379. The van der Waals surface area contributed by atoms with Gasteiger partial charge in [0.25, 0.3) is 0 Å². The second-order valence-corrected chi connectivity index (χ2v) is 6.25. The van der Waals surface area contributed by atoms with Crippen LogP contribution in [0.4, 0.5) is 4.79 Å². The molecule has 2 N–H and O–H groups in total. The summed E-state index contributed by atoms with van der Waals surface area (Å²) in [6.45, 7) is 3.61. The summed E-state index contributed by atoms with van der Waals surface area (Å²) in [4.78, 5) is 15.2. The number of fused-ring (bicyclic) bond motifs is 1. The molecule has 18 heavy (non-hydrogen) atoms. The molecule has 0 fully saturated rings. The summed E-state index contributed by atoms with van der Waals surface area (Å²) in [5.74, 6) is 2.85. The fourth-order valence-electron chi connectivity index (χ4n) is 1.95. The van der Waals surface area contributed by atoms with E-state index in [-0.39, 0.29) is 0 Å². The number of carboxylic acid groups (broad SMARTS) is 1. The van der Waals surface area contributed by atoms with Gasteiger partial charge in [-0.25, -0.2) is 0 Å². The Bertz CT molecular complexity index is 592. The average Bonchev–Trinajstić information content (AvgIpc) is 2.71. The van der Waals surface area contributed by atoms with Gasteiger partial charge in [0.15, 0.2) is 0 Å². The molecular formula is C12H15N3O2Se. The van der Waals surface area contributed by atoms with Crippen molar-refractivity contribution in [2.24, 2.45) is 0 Å². The number of nitrogens with one attached hydrogen (secondary N) is 1. The molecule has 6 heteroatoms. The van der Waals surface area contributed by atoms with E-state index in [9.17, 15) is 4.79 Å². The van der Waals surface area contributed by atoms with Gasteiger partial charge in [-0.15, -0.1) is 0 Å². The molecule has 0 atom stereocenters. The normalized spacial score (nSPS) is 11.7. The first-order valence-corrected chi connectivity index (χ1v) is 8.04. The van der Waals surface area contributed by atoms with Crippen LogP contribution < -0.4 is 9.78 Å². The zero-order chi connectivity index (χ0) is 13.3. The molecular weight excluding hydrogens is 297 g/mol. The van der Waals surface area contributed by atoms with Gasteiger partial charge in [0.05, 0.1) is 0 Å². The molecule has 2 heterocycles. The Morgan fingerprint density at radius 1 is 1.56 bits per heavy atom. The molecule has 0 bridgehead atoms. The molecule has 0 aromatic carbocycles. The number of carbonyl (C=O) groups is 1. The van der Waals surface area contributed by atoms with E-state index in [1.807, 2.05) is 16.7 Å². The second kappa shape index (κ2) is 4.63. The zero-order valence-electron chi connectivity index (χ0n) is 10.5. The summed E-state index contributed by atoms with van der Waals surface area (Å²) >= 11 is 0.379. The van der Waals surface area contributed by atoms with Crippen molar-refractivity contribution in [2.45, 2.75) is 25.2 Å². The van der Waals surface area contributed by atoms with Crippen LogP contribution >= 0.6 is 0 Å². The zero-order valence-corrected chi connectivity index (χ0v) is 12.2. The standard InChI is InChI=1S/C12H15N3O2Se/c1-12(2,14-11(16)17)10-13-7-8-9(18-3)5-4-6-15(8)10/h4-7,14H,1-3H3,(H,16,17). The predicted molar refractivity (Wildman–Crippen MR) is 70.6 cm³/mol. The van der Waals surface area contributed by atoms with Crippen molar-refractivity contribution >= 4 is 31.0 Å². The van der Waals surface area contributed by atoms with E-state index in [2.05, 4.69) is 22.2 Å². The number of imidazole rings is 1. The molecule has 0 aliphatic carbocycles. The molecule has 2 aromatic heterocycles. The number of hydrogen-bond donors (Lipinski definition) is 2. The van der Waals surface area contributed by atoms with Crippen LogP contribution in [0.25, 0.3) is 5.52 Å². The number of aromatic nitrogens is 2. The van der Waals surface area contributed by atoms with Gasteiger partial charge in [-0.2, -0.15) is 0 Å². The minimum atomic E-state index is -1.05. The first kappa shape index (κ1) is 12.9. The van der Waals surface area contributed by atoms with Crippen molar-refractivity contribution in [3.63, 3.8) is 0 Å². The van der Waals surface area contributed by atoms with E-state index in [4.69, 9.17) is 5.11 Å². The molecule has 1 amide bonds. The summed E-state index contributed by atoms with van der Waals surface area (Å²) in [7, 11) is 0. The Labute approximate surface area is 111 Å². The molecule has 2 rings (SSSR count). The van der Waals surface area contributed by atoms with E-state index in [0.717, 1.165) is 5.52 Å². The molecule has 2 aromatic rings. The van der Waals surface area contributed by atoms with Crippen LogP contribution in [0.3, 0.4) is 0 Å². The SMILES string of the molecule is C[Se]c1cccn2c(C(C)(C)NC(=O)O)ncc12. The number of amides is 1. The molecule has 0 unspecified atom stereocenters. The summed E-state index contributed by atoms with van der Waals surface area (Å²) in [5, 5.41) is 11.4. The molecule has 0 aliphatic rings. The Kier molecular flexibility index (Phi) is 3.32. The van der Waals surface area contributed by atoms with E-state index in [1.165, 1.54) is 4.46 Å². The maximum atomic E-state index is 10.8. The van der Waals surface area contributed by atoms with E-state index < -0.39 is 11.6 Å². The van der Waals surface area contributed by atoms with E-state index in [1.54, 1.807) is 20.0 Å². The van der Waals surface area contributed by atoms with Crippen molar-refractivity contribution in [3.05, 3.63) is 30.4 Å². The van der Waals surface area contributed by atoms with Crippen molar-refractivity contribution in [1.82, 2.24) is 14.7 Å². The first-order valence-electron chi connectivity index (χ1n) is 5.47. The molecule has 0 aliphatic heterocycles. The summed E-state index contributed by atoms with van der Waals surface area (Å²) in [6.07, 6.45) is 2.67. The van der Waals surface area contributed by atoms with E-state index >= 15 is 0 Å². The van der Waals surface area contributed by atoms with Crippen molar-refractivity contribution in [1.29, 1.82) is 0 Å². The third-order valence-corrected chi connectivity index (χ3v) is 4.38. The second-order valence-electron chi connectivity index (χ2n) is 4.47. The van der Waals surface area contributed by atoms with E-state index in [0.29, 0.717) is 20.8 Å². The van der Waals surface area contributed by atoms with Crippen molar-refractivity contribution < 1.29 is 9.90 Å². The Morgan fingerprint density at radius 3 is 2.89 bits per heavy atom. The third-order valence-electron chi connectivity index (χ3n) is 2.73. The van der Waals surface area contributed by atoms with Crippen LogP contribution in [0.1, 0.15) is 19.7 Å². The van der Waals surface area contributed by atoms with Gasteiger partial charge >= 0.3 is 111 Å². The number of rotatable bonds is 3. The number of hydrogen-bond acceptors (Lipinski definition) is 2. The molecule has 5 nitrogen and oxygen atoms in total. The Morgan fingerprint density at radius 2 is 2.28 bits per heavy atom. The maximum absolute atomic E-state index is 10.8. The molecule has 0 saturated heterocycles. The third kappa shape index (κ3) is 2.21. The molecule has 0 saturated carbocycles. The topological polar surface area (TPSA) is 66.6 Å². The van der Waals surface area contributed by atoms with Crippen LogP contribution in [0.5, 0.6) is 0 Å². The fourth-order valence-corrected chi connectivity index (χ4v) is 3.16. The predicted octanol–water partition coefficient (Wildman–Crippen LogP) is 1.21. The fraction of sp³-hybridized carbons (Fsp3) is 0.333. The van der Waals surface area contributed by atoms with Gasteiger partial charge < -0.3 is 0 Å². The van der Waals surface area contributed by atoms with Gasteiger partial charge in [0, 0.05) is 0 Å². The average molecular weight is 312 g/mol. The summed E-state index contributed by atoms with van der Waals surface area (Å²) < 4.78 is 3.21. The Hall–Kier alpha value is -1.52. The van der Waals surface area contributed by atoms with Gasteiger partial charge in [-0.3, -0.25) is 0 Å². The van der Waals surface area contributed by atoms with Gasteiger partial charge in [0.2, 0.25) is 0 Å². The van der Waals surface area contributed by atoms with Gasteiger partial charge in [0.1, 0.15) is 0 Å². The van der Waals surface area contributed by atoms with Gasteiger partial charge in [-0.1, -0.05) is 0 Å². The van der Waals surface area contributed by atoms with Crippen LogP contribution in [-0.4, -0.2) is 35.5 Å². The Balaban J connectivity index is 2.56. The first-order chi connectivity index (χ1) is 8.45. The quantitative estimate of drug-likeness (QED) is 0.837. The van der Waals surface area contributed by atoms with Crippen molar-refractivity contribution in [3.8, 4) is 0 Å². The number of nitrogens with zero attached hydrogens (tertiary/aromatic N) is 2. The van der Waals surface area contributed by atoms with Crippen LogP contribution in [0.15, 0.2) is 24.5 Å². The molecule has 96 valence electrons. The van der Waals surface area contributed by atoms with Crippen LogP contribution in [0.2, 0.25) is 5.82 Å². The van der Waals surface area contributed by atoms with Crippen LogP contribution in [0, 0.1) is 0 Å². The number of pyridine rings is 1.